The maximum atomic E-state index is 14.0. The first-order valence-corrected chi connectivity index (χ1v) is 13.8. The number of piperidine rings is 1. The van der Waals surface area contributed by atoms with Gasteiger partial charge in [0.1, 0.15) is 17.9 Å². The maximum absolute atomic E-state index is 14.0. The van der Waals surface area contributed by atoms with Crippen LogP contribution in [0.2, 0.25) is 0 Å². The van der Waals surface area contributed by atoms with E-state index in [2.05, 4.69) is 51.1 Å². The Morgan fingerprint density at radius 3 is 2.57 bits per heavy atom. The molecule has 1 atom stereocenters. The first-order chi connectivity index (χ1) is 20.3. The Morgan fingerprint density at radius 1 is 1.10 bits per heavy atom. The van der Waals surface area contributed by atoms with Crippen LogP contribution >= 0.6 is 0 Å². The summed E-state index contributed by atoms with van der Waals surface area (Å²) in [6.45, 7) is 5.65. The minimum Gasteiger partial charge on any atom is -0.494 e. The van der Waals surface area contributed by atoms with Gasteiger partial charge in [0.2, 0.25) is 5.91 Å². The second-order valence-electron chi connectivity index (χ2n) is 10.5. The van der Waals surface area contributed by atoms with Crippen molar-refractivity contribution >= 4 is 34.6 Å². The van der Waals surface area contributed by atoms with Crippen molar-refractivity contribution in [1.82, 2.24) is 14.9 Å². The average Bonchev–Trinajstić information content (AvgIpc) is 3.49. The van der Waals surface area contributed by atoms with Gasteiger partial charge >= 0.3 is 0 Å². The third kappa shape index (κ3) is 6.29. The molecule has 0 radical (unpaired) electrons. The number of benzene rings is 2. The highest BCUT2D eigenvalue weighted by atomic mass is 19.2. The number of aromatic nitrogens is 2. The number of nitrogens with zero attached hydrogens (tertiary/aromatic N) is 5. The number of carbonyl (C=O) groups excluding carboxylic acids is 1. The minimum absolute atomic E-state index is 0.325. The quantitative estimate of drug-likeness (QED) is 0.338. The summed E-state index contributed by atoms with van der Waals surface area (Å²) in [4.78, 5) is 31.4. The standard InChI is InChI=1S/C30H35F2N7O3/c1-5-30(40)36-23-15-24(27(41-4)16-26(23)38-11-8-20(9-12-38)37(2)3)35-28-17-29(34-18-33-28)39-25(10-13-42-39)19-6-7-21(31)22(32)14-19/h5-7,14-18,20,25H,1,8-13H2,2-4H3,(H,36,40)(H,33,34,35)/t25-/m1/s1. The van der Waals surface area contributed by atoms with E-state index in [-0.39, 0.29) is 11.9 Å². The Balaban J connectivity index is 1.42. The number of carbonyl (C=O) groups is 1. The fourth-order valence-electron chi connectivity index (χ4n) is 5.40. The van der Waals surface area contributed by atoms with Gasteiger partial charge in [0.25, 0.3) is 0 Å². The number of anilines is 5. The largest absolute Gasteiger partial charge is 0.494 e. The fourth-order valence-corrected chi connectivity index (χ4v) is 5.40. The summed E-state index contributed by atoms with van der Waals surface area (Å²) in [7, 11) is 5.77. The van der Waals surface area contributed by atoms with E-state index < -0.39 is 11.6 Å². The molecule has 10 nitrogen and oxygen atoms in total. The summed E-state index contributed by atoms with van der Waals surface area (Å²) in [5, 5.41) is 7.78. The van der Waals surface area contributed by atoms with Gasteiger partial charge in [0.05, 0.1) is 36.8 Å². The third-order valence-corrected chi connectivity index (χ3v) is 7.67. The molecular formula is C30H35F2N7O3. The zero-order chi connectivity index (χ0) is 29.8. The molecule has 222 valence electrons. The predicted molar refractivity (Wildman–Crippen MR) is 158 cm³/mol. The van der Waals surface area contributed by atoms with Crippen LogP contribution in [0.25, 0.3) is 0 Å². The molecule has 3 aromatic rings. The molecule has 42 heavy (non-hydrogen) atoms. The lowest BCUT2D eigenvalue weighted by Gasteiger charge is -2.37. The monoisotopic (exact) mass is 579 g/mol. The normalized spacial score (nSPS) is 17.4. The van der Waals surface area contributed by atoms with Crippen molar-refractivity contribution in [3.63, 3.8) is 0 Å². The molecule has 3 heterocycles. The number of hydroxylamine groups is 1. The molecule has 0 bridgehead atoms. The van der Waals surface area contributed by atoms with Crippen LogP contribution in [0.5, 0.6) is 5.75 Å². The molecule has 1 aromatic heterocycles. The zero-order valence-corrected chi connectivity index (χ0v) is 23.9. The Hall–Kier alpha value is -4.29. The fraction of sp³-hybridized carbons (Fsp3) is 0.367. The van der Waals surface area contributed by atoms with E-state index in [0.717, 1.165) is 37.7 Å². The van der Waals surface area contributed by atoms with Gasteiger partial charge in [0.15, 0.2) is 17.5 Å². The molecule has 0 spiro atoms. The molecule has 2 fully saturated rings. The van der Waals surface area contributed by atoms with E-state index in [1.165, 1.54) is 18.5 Å². The molecule has 2 aromatic carbocycles. The molecule has 12 heteroatoms. The van der Waals surface area contributed by atoms with Crippen LogP contribution in [-0.2, 0) is 9.63 Å². The number of ether oxygens (including phenoxy) is 1. The van der Waals surface area contributed by atoms with Gasteiger partial charge in [-0.3, -0.25) is 9.63 Å². The molecule has 2 N–H and O–H groups in total. The lowest BCUT2D eigenvalue weighted by molar-refractivity contribution is -0.111. The predicted octanol–water partition coefficient (Wildman–Crippen LogP) is 5.04. The highest BCUT2D eigenvalue weighted by Gasteiger charge is 2.30. The molecule has 0 unspecified atom stereocenters. The highest BCUT2D eigenvalue weighted by Crippen LogP contribution is 2.40. The number of amides is 1. The van der Waals surface area contributed by atoms with Crippen molar-refractivity contribution in [2.45, 2.75) is 31.3 Å². The van der Waals surface area contributed by atoms with Gasteiger partial charge in [-0.1, -0.05) is 12.6 Å². The molecule has 0 saturated carbocycles. The molecule has 5 rings (SSSR count). The Kier molecular flexibility index (Phi) is 8.83. The van der Waals surface area contributed by atoms with Crippen LogP contribution in [0, 0.1) is 11.6 Å². The number of hydrogen-bond acceptors (Lipinski definition) is 9. The lowest BCUT2D eigenvalue weighted by Crippen LogP contribution is -2.42. The van der Waals surface area contributed by atoms with E-state index >= 15 is 0 Å². The van der Waals surface area contributed by atoms with Gasteiger partial charge < -0.3 is 25.2 Å². The van der Waals surface area contributed by atoms with E-state index in [1.807, 2.05) is 12.1 Å². The van der Waals surface area contributed by atoms with Crippen LogP contribution in [-0.4, -0.2) is 67.7 Å². The van der Waals surface area contributed by atoms with Gasteiger partial charge in [-0.15, -0.1) is 0 Å². The SMILES string of the molecule is C=CC(=O)Nc1cc(Nc2cc(N3OCC[C@@H]3c3ccc(F)c(F)c3)ncn2)c(OC)cc1N1CCC(N(C)C)CC1. The van der Waals surface area contributed by atoms with Crippen molar-refractivity contribution in [3.8, 4) is 5.75 Å². The van der Waals surface area contributed by atoms with Crippen LogP contribution in [0.15, 0.2) is 55.4 Å². The Bertz CT molecular complexity index is 1450. The summed E-state index contributed by atoms with van der Waals surface area (Å²) in [6, 6.07) is 9.39. The van der Waals surface area contributed by atoms with E-state index in [0.29, 0.717) is 53.4 Å². The topological polar surface area (TPSA) is 95.1 Å². The number of methoxy groups -OCH3 is 1. The van der Waals surface area contributed by atoms with Crippen molar-refractivity contribution < 1.29 is 23.1 Å². The summed E-state index contributed by atoms with van der Waals surface area (Å²) in [5.41, 5.74) is 2.62. The van der Waals surface area contributed by atoms with Crippen molar-refractivity contribution in [3.05, 3.63) is 72.6 Å². The summed E-state index contributed by atoms with van der Waals surface area (Å²) < 4.78 is 33.2. The first kappa shape index (κ1) is 29.2. The smallest absolute Gasteiger partial charge is 0.247 e. The minimum atomic E-state index is -0.915. The van der Waals surface area contributed by atoms with Crippen molar-refractivity contribution in [2.24, 2.45) is 0 Å². The van der Waals surface area contributed by atoms with Gasteiger partial charge in [-0.05, 0) is 56.8 Å². The van der Waals surface area contributed by atoms with E-state index in [9.17, 15) is 13.6 Å². The van der Waals surface area contributed by atoms with Gasteiger partial charge in [-0.25, -0.2) is 23.8 Å². The van der Waals surface area contributed by atoms with E-state index in [4.69, 9.17) is 9.57 Å². The first-order valence-electron chi connectivity index (χ1n) is 13.8. The number of rotatable bonds is 9. The van der Waals surface area contributed by atoms with Crippen LogP contribution in [0.3, 0.4) is 0 Å². The second-order valence-corrected chi connectivity index (χ2v) is 10.5. The summed E-state index contributed by atoms with van der Waals surface area (Å²) >= 11 is 0. The van der Waals surface area contributed by atoms with E-state index in [1.54, 1.807) is 24.3 Å². The highest BCUT2D eigenvalue weighted by molar-refractivity contribution is 6.02. The zero-order valence-electron chi connectivity index (χ0n) is 23.9. The molecule has 2 aliphatic heterocycles. The number of hydrogen-bond donors (Lipinski definition) is 2. The summed E-state index contributed by atoms with van der Waals surface area (Å²) in [6.07, 6.45) is 5.19. The van der Waals surface area contributed by atoms with Crippen molar-refractivity contribution in [2.75, 3.05) is 61.5 Å². The van der Waals surface area contributed by atoms with Gasteiger partial charge in [0, 0.05) is 37.7 Å². The lowest BCUT2D eigenvalue weighted by atomic mass is 10.0. The molecule has 2 aliphatic rings. The van der Waals surface area contributed by atoms with Crippen LogP contribution in [0.4, 0.5) is 37.5 Å². The average molecular weight is 580 g/mol. The molecule has 1 amide bonds. The molecule has 0 aliphatic carbocycles. The Labute approximate surface area is 243 Å². The van der Waals surface area contributed by atoms with Crippen LogP contribution in [0.1, 0.15) is 30.9 Å². The van der Waals surface area contributed by atoms with Crippen LogP contribution < -0.4 is 25.3 Å². The van der Waals surface area contributed by atoms with Gasteiger partial charge in [-0.2, -0.15) is 0 Å². The number of halogens is 2. The van der Waals surface area contributed by atoms with Crippen molar-refractivity contribution in [1.29, 1.82) is 0 Å². The maximum Gasteiger partial charge on any atom is 0.247 e. The second kappa shape index (κ2) is 12.7. The Morgan fingerprint density at radius 2 is 1.88 bits per heavy atom. The molecular weight excluding hydrogens is 544 g/mol. The summed E-state index contributed by atoms with van der Waals surface area (Å²) in [5.74, 6) is -0.693. The third-order valence-electron chi connectivity index (χ3n) is 7.67. The molecule has 2 saturated heterocycles. The number of nitrogens with one attached hydrogen (secondary N) is 2.